The Kier molecular flexibility index (Phi) is 5.30. The molecule has 0 atom stereocenters. The molecular weight excluding hydrogens is 792 g/mol. The van der Waals surface area contributed by atoms with Crippen molar-refractivity contribution in [3.05, 3.63) is 113 Å². The maximum atomic E-state index is 4.36. The molecule has 2 aliphatic rings. The Balaban J connectivity index is 1.79. The van der Waals surface area contributed by atoms with Crippen molar-refractivity contribution >= 4 is 95.6 Å². The quantitative estimate of drug-likeness (QED) is 0.168. The molecule has 0 radical (unpaired) electrons. The van der Waals surface area contributed by atoms with E-state index in [-0.39, 0.29) is 0 Å². The van der Waals surface area contributed by atoms with Gasteiger partial charge in [-0.05, 0) is 93.0 Å². The van der Waals surface area contributed by atoms with Gasteiger partial charge in [0.05, 0.1) is 0 Å². The number of benzene rings is 4. The number of fused-ring (bicyclic) bond motifs is 6. The maximum absolute atomic E-state index is 4.36. The van der Waals surface area contributed by atoms with Crippen molar-refractivity contribution in [3.63, 3.8) is 0 Å². The molecule has 0 fully saturated rings. The van der Waals surface area contributed by atoms with Gasteiger partial charge in [-0.1, -0.05) is 120 Å². The zero-order valence-electron chi connectivity index (χ0n) is 16.2. The van der Waals surface area contributed by atoms with Crippen molar-refractivity contribution in [1.82, 2.24) is 0 Å². The summed E-state index contributed by atoms with van der Waals surface area (Å²) in [5.74, 6) is 0. The fourth-order valence-corrected chi connectivity index (χ4v) is 8.79. The molecule has 0 N–H and O–H groups in total. The Hall–Kier alpha value is -0.240. The molecule has 0 spiro atoms. The van der Waals surface area contributed by atoms with Crippen molar-refractivity contribution in [1.29, 1.82) is 0 Å². The molecule has 6 rings (SSSR count). The summed E-state index contributed by atoms with van der Waals surface area (Å²) in [7, 11) is 0. The lowest BCUT2D eigenvalue weighted by Gasteiger charge is -2.41. The average Bonchev–Trinajstić information content (AvgIpc) is 3.16. The summed E-state index contributed by atoms with van der Waals surface area (Å²) in [5.41, 5.74) is 9.90. The third-order valence-corrected chi connectivity index (χ3v) is 11.9. The number of hydrogen-bond acceptors (Lipinski definition) is 0. The second-order valence-electron chi connectivity index (χ2n) is 8.08. The van der Waals surface area contributed by atoms with Gasteiger partial charge in [0, 0.05) is 17.9 Å². The van der Waals surface area contributed by atoms with Crippen molar-refractivity contribution < 1.29 is 0 Å². The lowest BCUT2D eigenvalue weighted by Crippen LogP contribution is -2.39. The fourth-order valence-electron chi connectivity index (χ4n) is 5.18. The normalized spacial score (nSPS) is 16.3. The van der Waals surface area contributed by atoms with Crippen LogP contribution in [0.2, 0.25) is 0 Å². The van der Waals surface area contributed by atoms with Gasteiger partial charge in [-0.2, -0.15) is 0 Å². The molecule has 158 valence electrons. The number of rotatable bonds is 1. The second kappa shape index (κ2) is 7.63. The summed E-state index contributed by atoms with van der Waals surface area (Å²) in [5, 5.41) is 0. The van der Waals surface area contributed by atoms with Crippen LogP contribution in [-0.4, -0.2) is 0 Å². The van der Waals surface area contributed by atoms with E-state index in [0.717, 1.165) is 17.9 Å². The Bertz CT molecular complexity index is 1240. The SMILES string of the molecule is Brc1ccc2c(c1)C(Br)(C1(Br)c3cc(Br)ccc3-c3ccc(Br)cc31)c1cc(Br)ccc1-2. The molecule has 0 bridgehead atoms. The number of alkyl halides is 2. The van der Waals surface area contributed by atoms with E-state index < -0.39 is 8.65 Å². The van der Waals surface area contributed by atoms with Crippen LogP contribution < -0.4 is 0 Å². The highest BCUT2D eigenvalue weighted by Crippen LogP contribution is 2.70. The summed E-state index contributed by atoms with van der Waals surface area (Å²) < 4.78 is 3.16. The van der Waals surface area contributed by atoms with E-state index in [1.165, 1.54) is 44.5 Å². The van der Waals surface area contributed by atoms with Crippen LogP contribution in [0.1, 0.15) is 22.3 Å². The summed E-state index contributed by atoms with van der Waals surface area (Å²) in [4.78, 5) is 0. The molecule has 0 aliphatic heterocycles. The Morgan fingerprint density at radius 2 is 0.594 bits per heavy atom. The van der Waals surface area contributed by atoms with E-state index in [2.05, 4.69) is 168 Å². The van der Waals surface area contributed by atoms with Crippen molar-refractivity contribution in [3.8, 4) is 22.3 Å². The standard InChI is InChI=1S/C26H12Br6/c27-13-1-5-17-18-6-2-14(28)10-22(18)25(31,21(17)9-13)26(32)23-11-15(29)3-7-19(23)20-8-4-16(30)12-24(20)26/h1-12H. The van der Waals surface area contributed by atoms with Crippen LogP contribution in [0.5, 0.6) is 0 Å². The van der Waals surface area contributed by atoms with Gasteiger partial charge in [-0.25, -0.2) is 0 Å². The van der Waals surface area contributed by atoms with E-state index in [1.807, 2.05) is 0 Å². The van der Waals surface area contributed by atoms with Crippen LogP contribution in [0.4, 0.5) is 0 Å². The van der Waals surface area contributed by atoms with Crippen LogP contribution in [0.3, 0.4) is 0 Å². The van der Waals surface area contributed by atoms with E-state index in [1.54, 1.807) is 0 Å². The molecule has 0 saturated carbocycles. The molecule has 0 unspecified atom stereocenters. The average molecular weight is 804 g/mol. The minimum absolute atomic E-state index is 0.542. The Labute approximate surface area is 237 Å². The van der Waals surface area contributed by atoms with E-state index >= 15 is 0 Å². The number of hydrogen-bond donors (Lipinski definition) is 0. The predicted molar refractivity (Wildman–Crippen MR) is 154 cm³/mol. The van der Waals surface area contributed by atoms with E-state index in [0.29, 0.717) is 0 Å². The van der Waals surface area contributed by atoms with Crippen LogP contribution in [0, 0.1) is 0 Å². The molecule has 4 aromatic rings. The minimum Gasteiger partial charge on any atom is -0.0725 e. The van der Waals surface area contributed by atoms with Gasteiger partial charge in [0.2, 0.25) is 0 Å². The zero-order chi connectivity index (χ0) is 22.4. The summed E-state index contributed by atoms with van der Waals surface area (Å²) >= 11 is 23.6. The monoisotopic (exact) mass is 798 g/mol. The third-order valence-electron chi connectivity index (χ3n) is 6.47. The zero-order valence-corrected chi connectivity index (χ0v) is 25.7. The first-order chi connectivity index (χ1) is 15.2. The largest absolute Gasteiger partial charge is 0.100 e. The number of halogens is 6. The Morgan fingerprint density at radius 1 is 0.375 bits per heavy atom. The first kappa shape index (κ1) is 22.2. The highest BCUT2D eigenvalue weighted by Gasteiger charge is 2.60. The lowest BCUT2D eigenvalue weighted by molar-refractivity contribution is 0.633. The van der Waals surface area contributed by atoms with Gasteiger partial charge in [0.1, 0.15) is 8.65 Å². The Morgan fingerprint density at radius 3 is 0.812 bits per heavy atom. The van der Waals surface area contributed by atoms with Crippen LogP contribution in [0.15, 0.2) is 90.7 Å². The topological polar surface area (TPSA) is 0 Å². The molecule has 4 aromatic carbocycles. The second-order valence-corrected chi connectivity index (χ2v) is 14.1. The van der Waals surface area contributed by atoms with Gasteiger partial charge >= 0.3 is 0 Å². The molecule has 0 saturated heterocycles. The molecule has 32 heavy (non-hydrogen) atoms. The van der Waals surface area contributed by atoms with Gasteiger partial charge in [0.15, 0.2) is 0 Å². The van der Waals surface area contributed by atoms with Crippen LogP contribution in [-0.2, 0) is 8.65 Å². The summed E-state index contributed by atoms with van der Waals surface area (Å²) in [6.07, 6.45) is 0. The van der Waals surface area contributed by atoms with Gasteiger partial charge < -0.3 is 0 Å². The first-order valence-electron chi connectivity index (χ1n) is 9.84. The van der Waals surface area contributed by atoms with Gasteiger partial charge in [-0.15, -0.1) is 0 Å². The van der Waals surface area contributed by atoms with E-state index in [4.69, 9.17) is 0 Å². The van der Waals surface area contributed by atoms with Crippen LogP contribution in [0.25, 0.3) is 22.3 Å². The third kappa shape index (κ3) is 2.86. The maximum Gasteiger partial charge on any atom is 0.100 e. The first-order valence-corrected chi connectivity index (χ1v) is 14.6. The van der Waals surface area contributed by atoms with Crippen LogP contribution >= 0.6 is 95.6 Å². The molecular formula is C26H12Br6. The molecule has 6 heteroatoms. The molecule has 2 aliphatic carbocycles. The van der Waals surface area contributed by atoms with Crippen molar-refractivity contribution in [2.75, 3.05) is 0 Å². The van der Waals surface area contributed by atoms with Gasteiger partial charge in [-0.3, -0.25) is 0 Å². The molecule has 0 aromatic heterocycles. The molecule has 0 heterocycles. The van der Waals surface area contributed by atoms with Crippen molar-refractivity contribution in [2.45, 2.75) is 8.65 Å². The fraction of sp³-hybridized carbons (Fsp3) is 0.0769. The summed E-state index contributed by atoms with van der Waals surface area (Å²) in [6.45, 7) is 0. The molecule has 0 amide bonds. The predicted octanol–water partition coefficient (Wildman–Crippen LogP) is 10.7. The smallest absolute Gasteiger partial charge is 0.0725 e. The highest BCUT2D eigenvalue weighted by molar-refractivity contribution is 9.12. The summed E-state index contributed by atoms with van der Waals surface area (Å²) in [6, 6.07) is 26.3. The molecule has 0 nitrogen and oxygen atoms in total. The van der Waals surface area contributed by atoms with E-state index in [9.17, 15) is 0 Å². The van der Waals surface area contributed by atoms with Gasteiger partial charge in [0.25, 0.3) is 0 Å². The minimum atomic E-state index is -0.542. The van der Waals surface area contributed by atoms with Crippen molar-refractivity contribution in [2.24, 2.45) is 0 Å². The highest BCUT2D eigenvalue weighted by atomic mass is 79.9. The lowest BCUT2D eigenvalue weighted by atomic mass is 9.78.